The van der Waals surface area contributed by atoms with Gasteiger partial charge in [0.05, 0.1) is 0 Å². The van der Waals surface area contributed by atoms with E-state index in [0.29, 0.717) is 5.92 Å². The SMILES string of the molecule is CC1=CC=CC(Cc2ccc(C)cc2)C=C1.Cc1ccc(Cc2ccc(C)c(C)c2)cc1C. The number of hydrogen-bond donors (Lipinski definition) is 0. The normalized spacial score (nSPS) is 14.8. The first-order chi connectivity index (χ1) is 15.8. The zero-order valence-corrected chi connectivity index (χ0v) is 21.2. The van der Waals surface area contributed by atoms with Crippen LogP contribution < -0.4 is 0 Å². The van der Waals surface area contributed by atoms with Gasteiger partial charge < -0.3 is 0 Å². The first-order valence-electron chi connectivity index (χ1n) is 12.0. The van der Waals surface area contributed by atoms with Crippen LogP contribution in [0.4, 0.5) is 0 Å². The van der Waals surface area contributed by atoms with E-state index in [1.165, 1.54) is 50.1 Å². The topological polar surface area (TPSA) is 0 Å². The predicted octanol–water partition coefficient (Wildman–Crippen LogP) is 8.74. The highest BCUT2D eigenvalue weighted by atomic mass is 14.1. The monoisotopic (exact) mass is 434 g/mol. The molecule has 0 amide bonds. The van der Waals surface area contributed by atoms with E-state index < -0.39 is 0 Å². The molecular weight excluding hydrogens is 396 g/mol. The van der Waals surface area contributed by atoms with Crippen molar-refractivity contribution in [1.82, 2.24) is 0 Å². The second-order valence-electron chi connectivity index (χ2n) is 9.52. The molecule has 0 N–H and O–H groups in total. The molecule has 0 spiro atoms. The van der Waals surface area contributed by atoms with Gasteiger partial charge in [-0.3, -0.25) is 0 Å². The second-order valence-corrected chi connectivity index (χ2v) is 9.52. The highest BCUT2D eigenvalue weighted by molar-refractivity contribution is 5.36. The molecule has 0 radical (unpaired) electrons. The third-order valence-corrected chi connectivity index (χ3v) is 6.47. The van der Waals surface area contributed by atoms with Crippen LogP contribution in [0.1, 0.15) is 51.4 Å². The highest BCUT2D eigenvalue weighted by Crippen LogP contribution is 2.17. The molecule has 1 aliphatic rings. The van der Waals surface area contributed by atoms with Gasteiger partial charge >= 0.3 is 0 Å². The smallest absolute Gasteiger partial charge is 0.000673 e. The minimum absolute atomic E-state index is 0.524. The van der Waals surface area contributed by atoms with Crippen molar-refractivity contribution >= 4 is 0 Å². The Morgan fingerprint density at radius 2 is 1.12 bits per heavy atom. The van der Waals surface area contributed by atoms with Gasteiger partial charge in [0, 0.05) is 0 Å². The van der Waals surface area contributed by atoms with Gasteiger partial charge in [-0.05, 0) is 99.2 Å². The molecule has 3 aromatic carbocycles. The Balaban J connectivity index is 0.000000186. The Hall–Kier alpha value is -3.12. The molecule has 0 nitrogen and oxygen atoms in total. The molecule has 0 saturated heterocycles. The van der Waals surface area contributed by atoms with E-state index >= 15 is 0 Å². The van der Waals surface area contributed by atoms with Gasteiger partial charge in [0.1, 0.15) is 0 Å². The van der Waals surface area contributed by atoms with Crippen molar-refractivity contribution in [1.29, 1.82) is 0 Å². The number of rotatable bonds is 4. The summed E-state index contributed by atoms with van der Waals surface area (Å²) in [5.74, 6) is 0.524. The lowest BCUT2D eigenvalue weighted by atomic mass is 9.98. The van der Waals surface area contributed by atoms with Crippen molar-refractivity contribution in [2.24, 2.45) is 5.92 Å². The van der Waals surface area contributed by atoms with Crippen molar-refractivity contribution in [2.75, 3.05) is 0 Å². The summed E-state index contributed by atoms with van der Waals surface area (Å²) in [7, 11) is 0. The molecule has 0 fully saturated rings. The summed E-state index contributed by atoms with van der Waals surface area (Å²) in [6.45, 7) is 12.9. The molecule has 1 atom stereocenters. The summed E-state index contributed by atoms with van der Waals surface area (Å²) in [4.78, 5) is 0. The molecule has 1 unspecified atom stereocenters. The molecule has 1 aliphatic carbocycles. The van der Waals surface area contributed by atoms with Gasteiger partial charge in [-0.1, -0.05) is 102 Å². The zero-order valence-electron chi connectivity index (χ0n) is 21.2. The van der Waals surface area contributed by atoms with Gasteiger partial charge in [0.15, 0.2) is 0 Å². The van der Waals surface area contributed by atoms with E-state index in [9.17, 15) is 0 Å². The lowest BCUT2D eigenvalue weighted by Crippen LogP contribution is -1.97. The van der Waals surface area contributed by atoms with Gasteiger partial charge in [-0.2, -0.15) is 0 Å². The lowest BCUT2D eigenvalue weighted by Gasteiger charge is -2.07. The van der Waals surface area contributed by atoms with E-state index in [1.807, 2.05) is 0 Å². The molecule has 0 aromatic heterocycles. The predicted molar refractivity (Wildman–Crippen MR) is 145 cm³/mol. The molecule has 3 aromatic rings. The van der Waals surface area contributed by atoms with E-state index in [2.05, 4.69) is 133 Å². The summed E-state index contributed by atoms with van der Waals surface area (Å²) in [6, 6.07) is 22.3. The summed E-state index contributed by atoms with van der Waals surface area (Å²) in [5, 5.41) is 0. The Morgan fingerprint density at radius 1 is 0.576 bits per heavy atom. The third kappa shape index (κ3) is 7.75. The number of hydrogen-bond acceptors (Lipinski definition) is 0. The van der Waals surface area contributed by atoms with Crippen LogP contribution in [0.15, 0.2) is 96.6 Å². The van der Waals surface area contributed by atoms with Gasteiger partial charge in [0.25, 0.3) is 0 Å². The Labute approximate surface area is 201 Å². The largest absolute Gasteiger partial charge is 0.0773 e. The van der Waals surface area contributed by atoms with Crippen LogP contribution in [0.25, 0.3) is 0 Å². The molecule has 0 aliphatic heterocycles. The first-order valence-corrected chi connectivity index (χ1v) is 12.0. The average molecular weight is 435 g/mol. The lowest BCUT2D eigenvalue weighted by molar-refractivity contribution is 0.805. The molecule has 0 saturated carbocycles. The fourth-order valence-corrected chi connectivity index (χ4v) is 3.94. The van der Waals surface area contributed by atoms with E-state index in [4.69, 9.17) is 0 Å². The fraction of sp³-hybridized carbons (Fsp3) is 0.273. The van der Waals surface area contributed by atoms with Crippen LogP contribution in [-0.2, 0) is 12.8 Å². The Kier molecular flexibility index (Phi) is 8.66. The molecular formula is C33H38. The third-order valence-electron chi connectivity index (χ3n) is 6.47. The Bertz CT molecular complexity index is 1100. The van der Waals surface area contributed by atoms with Crippen LogP contribution in [0.2, 0.25) is 0 Å². The van der Waals surface area contributed by atoms with E-state index in [0.717, 1.165) is 12.8 Å². The van der Waals surface area contributed by atoms with Crippen molar-refractivity contribution < 1.29 is 0 Å². The molecule has 33 heavy (non-hydrogen) atoms. The van der Waals surface area contributed by atoms with E-state index in [1.54, 1.807) is 0 Å². The maximum atomic E-state index is 2.30. The van der Waals surface area contributed by atoms with Crippen LogP contribution in [-0.4, -0.2) is 0 Å². The maximum absolute atomic E-state index is 2.30. The van der Waals surface area contributed by atoms with Crippen molar-refractivity contribution in [3.63, 3.8) is 0 Å². The van der Waals surface area contributed by atoms with Crippen LogP contribution in [0.5, 0.6) is 0 Å². The average Bonchev–Trinajstić information content (AvgIpc) is 2.99. The molecule has 0 heteroatoms. The molecule has 170 valence electrons. The van der Waals surface area contributed by atoms with Gasteiger partial charge in [0.2, 0.25) is 0 Å². The Morgan fingerprint density at radius 3 is 1.67 bits per heavy atom. The minimum atomic E-state index is 0.524. The molecule has 0 bridgehead atoms. The van der Waals surface area contributed by atoms with Gasteiger partial charge in [-0.25, -0.2) is 0 Å². The van der Waals surface area contributed by atoms with Crippen molar-refractivity contribution in [2.45, 2.75) is 54.4 Å². The molecule has 0 heterocycles. The van der Waals surface area contributed by atoms with Crippen LogP contribution >= 0.6 is 0 Å². The standard InChI is InChI=1S/C17H20.C16H18/c1-12-5-7-16(9-14(12)3)11-17-8-6-13(2)15(4)10-17;1-13-4-3-5-15(9-6-13)12-16-10-7-14(2)8-11-16/h5-10H,11H2,1-4H3;3-11,15H,12H2,1-2H3. The fourth-order valence-electron chi connectivity index (χ4n) is 3.94. The number of benzene rings is 3. The summed E-state index contributed by atoms with van der Waals surface area (Å²) >= 11 is 0. The number of allylic oxidation sites excluding steroid dienone is 6. The summed E-state index contributed by atoms with van der Waals surface area (Å²) < 4.78 is 0. The maximum Gasteiger partial charge on any atom is -0.000673 e. The highest BCUT2D eigenvalue weighted by Gasteiger charge is 2.04. The molecule has 4 rings (SSSR count). The van der Waals surface area contributed by atoms with Crippen LogP contribution in [0, 0.1) is 40.5 Å². The van der Waals surface area contributed by atoms with Crippen molar-refractivity contribution in [3.8, 4) is 0 Å². The van der Waals surface area contributed by atoms with E-state index in [-0.39, 0.29) is 0 Å². The number of aryl methyl sites for hydroxylation is 5. The zero-order chi connectivity index (χ0) is 23.8. The van der Waals surface area contributed by atoms with Crippen LogP contribution in [0.3, 0.4) is 0 Å². The van der Waals surface area contributed by atoms with Crippen molar-refractivity contribution in [3.05, 3.63) is 141 Å². The second kappa shape index (κ2) is 11.7. The van der Waals surface area contributed by atoms with Gasteiger partial charge in [-0.15, -0.1) is 0 Å². The quantitative estimate of drug-likeness (QED) is 0.385. The first kappa shape index (κ1) is 24.5. The summed E-state index contributed by atoms with van der Waals surface area (Å²) in [5.41, 5.74) is 12.4. The minimum Gasteiger partial charge on any atom is -0.0773 e. The summed E-state index contributed by atoms with van der Waals surface area (Å²) in [6.07, 6.45) is 13.2.